The molecule has 0 aliphatic carbocycles. The van der Waals surface area contributed by atoms with E-state index in [1.165, 1.54) is 11.3 Å². The lowest BCUT2D eigenvalue weighted by Crippen LogP contribution is -2.23. The molecule has 7 heteroatoms. The lowest BCUT2D eigenvalue weighted by molar-refractivity contribution is 0.0946. The number of aromatic nitrogens is 3. The van der Waals surface area contributed by atoms with E-state index in [2.05, 4.69) is 20.5 Å². The van der Waals surface area contributed by atoms with E-state index >= 15 is 0 Å². The first-order chi connectivity index (χ1) is 9.74. The van der Waals surface area contributed by atoms with Crippen LogP contribution in [0.1, 0.15) is 21.7 Å². The topological polar surface area (TPSA) is 70.7 Å². The number of nitrogens with one attached hydrogen (secondary N) is 2. The van der Waals surface area contributed by atoms with Crippen LogP contribution in [0.3, 0.4) is 0 Å². The summed E-state index contributed by atoms with van der Waals surface area (Å²) in [7, 11) is 0. The van der Waals surface area contributed by atoms with Gasteiger partial charge in [-0.15, -0.1) is 11.3 Å². The van der Waals surface area contributed by atoms with Crippen LogP contribution in [0.4, 0.5) is 0 Å². The zero-order valence-electron chi connectivity index (χ0n) is 10.7. The van der Waals surface area contributed by atoms with Gasteiger partial charge in [-0.2, -0.15) is 16.4 Å². The lowest BCUT2D eigenvalue weighted by Gasteiger charge is -2.01. The summed E-state index contributed by atoms with van der Waals surface area (Å²) >= 11 is 3.10. The zero-order chi connectivity index (χ0) is 13.9. The molecule has 0 aliphatic rings. The van der Waals surface area contributed by atoms with Crippen LogP contribution in [0, 0.1) is 6.92 Å². The molecular weight excluding hydrogens is 292 g/mol. The van der Waals surface area contributed by atoms with E-state index in [4.69, 9.17) is 0 Å². The lowest BCUT2D eigenvalue weighted by atomic mass is 10.2. The number of thiazole rings is 1. The average Bonchev–Trinajstić information content (AvgIpc) is 3.17. The van der Waals surface area contributed by atoms with Gasteiger partial charge >= 0.3 is 0 Å². The molecule has 3 rings (SSSR count). The molecule has 2 N–H and O–H groups in total. The normalized spacial score (nSPS) is 10.7. The molecule has 1 amide bonds. The first-order valence-electron chi connectivity index (χ1n) is 5.99. The van der Waals surface area contributed by atoms with Crippen LogP contribution in [0.25, 0.3) is 10.6 Å². The Bertz CT molecular complexity index is 714. The number of hydrogen-bond donors (Lipinski definition) is 2. The molecule has 5 nitrogen and oxygen atoms in total. The summed E-state index contributed by atoms with van der Waals surface area (Å²) in [5.74, 6) is -0.164. The standard InChI is InChI=1S/C13H12N4OS2/c1-8-10(5-15-17-8)4-14-12(18)11-7-20-13(16-11)9-2-3-19-6-9/h2-3,5-7H,4H2,1H3,(H,14,18)(H,15,17). The fraction of sp³-hybridized carbons (Fsp3) is 0.154. The number of H-pyrrole nitrogens is 1. The van der Waals surface area contributed by atoms with Gasteiger partial charge in [-0.3, -0.25) is 9.89 Å². The number of aryl methyl sites for hydroxylation is 1. The van der Waals surface area contributed by atoms with Crippen molar-refractivity contribution in [1.82, 2.24) is 20.5 Å². The summed E-state index contributed by atoms with van der Waals surface area (Å²) in [6.07, 6.45) is 1.72. The molecule has 0 spiro atoms. The van der Waals surface area contributed by atoms with Gasteiger partial charge in [0, 0.05) is 34.1 Å². The Morgan fingerprint density at radius 1 is 1.45 bits per heavy atom. The van der Waals surface area contributed by atoms with Crippen molar-refractivity contribution >= 4 is 28.6 Å². The summed E-state index contributed by atoms with van der Waals surface area (Å²) in [5.41, 5.74) is 3.45. The largest absolute Gasteiger partial charge is 0.346 e. The minimum Gasteiger partial charge on any atom is -0.346 e. The van der Waals surface area contributed by atoms with Crippen molar-refractivity contribution in [2.45, 2.75) is 13.5 Å². The molecule has 0 unspecified atom stereocenters. The summed E-state index contributed by atoms with van der Waals surface area (Å²) in [6, 6.07) is 2.00. The van der Waals surface area contributed by atoms with Crippen LogP contribution in [0.15, 0.2) is 28.4 Å². The summed E-state index contributed by atoms with van der Waals surface area (Å²) in [4.78, 5) is 16.4. The third-order valence-corrected chi connectivity index (χ3v) is 4.45. The first-order valence-corrected chi connectivity index (χ1v) is 7.81. The second kappa shape index (κ2) is 5.56. The molecule has 102 valence electrons. The maximum absolute atomic E-state index is 12.0. The third-order valence-electron chi connectivity index (χ3n) is 2.88. The van der Waals surface area contributed by atoms with E-state index in [1.54, 1.807) is 22.9 Å². The summed E-state index contributed by atoms with van der Waals surface area (Å²) < 4.78 is 0. The molecule has 0 radical (unpaired) electrons. The minimum atomic E-state index is -0.164. The number of nitrogens with zero attached hydrogens (tertiary/aromatic N) is 2. The predicted molar refractivity (Wildman–Crippen MR) is 79.9 cm³/mol. The van der Waals surface area contributed by atoms with E-state index in [-0.39, 0.29) is 5.91 Å². The van der Waals surface area contributed by atoms with E-state index in [0.29, 0.717) is 12.2 Å². The molecule has 3 aromatic heterocycles. The van der Waals surface area contributed by atoms with Gasteiger partial charge in [0.25, 0.3) is 5.91 Å². The quantitative estimate of drug-likeness (QED) is 0.778. The highest BCUT2D eigenvalue weighted by atomic mass is 32.1. The Hall–Kier alpha value is -1.99. The van der Waals surface area contributed by atoms with Crippen LogP contribution in [0.2, 0.25) is 0 Å². The molecular formula is C13H12N4OS2. The van der Waals surface area contributed by atoms with Gasteiger partial charge in [0.1, 0.15) is 10.7 Å². The highest BCUT2D eigenvalue weighted by molar-refractivity contribution is 7.14. The van der Waals surface area contributed by atoms with Crippen LogP contribution < -0.4 is 5.32 Å². The first kappa shape index (κ1) is 13.0. The molecule has 0 bridgehead atoms. The van der Waals surface area contributed by atoms with Gasteiger partial charge in [-0.05, 0) is 18.4 Å². The molecule has 0 saturated heterocycles. The minimum absolute atomic E-state index is 0.164. The highest BCUT2D eigenvalue weighted by Gasteiger charge is 2.12. The molecule has 0 fully saturated rings. The fourth-order valence-electron chi connectivity index (χ4n) is 1.72. The van der Waals surface area contributed by atoms with Gasteiger partial charge in [0.2, 0.25) is 0 Å². The second-order valence-corrected chi connectivity index (χ2v) is 5.89. The maximum atomic E-state index is 12.0. The van der Waals surface area contributed by atoms with E-state index in [0.717, 1.165) is 21.8 Å². The second-order valence-electron chi connectivity index (χ2n) is 4.25. The van der Waals surface area contributed by atoms with Gasteiger partial charge in [0.05, 0.1) is 6.20 Å². The maximum Gasteiger partial charge on any atom is 0.271 e. The highest BCUT2D eigenvalue weighted by Crippen LogP contribution is 2.25. The number of thiophene rings is 1. The van der Waals surface area contributed by atoms with Crippen molar-refractivity contribution < 1.29 is 4.79 Å². The Morgan fingerprint density at radius 3 is 3.05 bits per heavy atom. The number of hydrogen-bond acceptors (Lipinski definition) is 5. The molecule has 0 saturated carbocycles. The molecule has 0 aromatic carbocycles. The van der Waals surface area contributed by atoms with E-state index < -0.39 is 0 Å². The molecule has 3 aromatic rings. The van der Waals surface area contributed by atoms with Gasteiger partial charge < -0.3 is 5.32 Å². The SMILES string of the molecule is Cc1[nH]ncc1CNC(=O)c1csc(-c2ccsc2)n1. The Balaban J connectivity index is 1.67. The molecule has 3 heterocycles. The smallest absolute Gasteiger partial charge is 0.271 e. The van der Waals surface area contributed by atoms with Crippen molar-refractivity contribution in [3.63, 3.8) is 0 Å². The van der Waals surface area contributed by atoms with Gasteiger partial charge in [-0.25, -0.2) is 4.98 Å². The van der Waals surface area contributed by atoms with Crippen molar-refractivity contribution in [3.8, 4) is 10.6 Å². The van der Waals surface area contributed by atoms with E-state index in [9.17, 15) is 4.79 Å². The van der Waals surface area contributed by atoms with Gasteiger partial charge in [0.15, 0.2) is 0 Å². The van der Waals surface area contributed by atoms with Crippen molar-refractivity contribution in [1.29, 1.82) is 0 Å². The molecule has 0 aliphatic heterocycles. The zero-order valence-corrected chi connectivity index (χ0v) is 12.3. The summed E-state index contributed by atoms with van der Waals surface area (Å²) in [6.45, 7) is 2.37. The van der Waals surface area contributed by atoms with Crippen LogP contribution in [-0.2, 0) is 6.54 Å². The van der Waals surface area contributed by atoms with Gasteiger partial charge in [-0.1, -0.05) is 0 Å². The van der Waals surface area contributed by atoms with E-state index in [1.807, 2.05) is 23.8 Å². The number of carbonyl (C=O) groups is 1. The molecule has 20 heavy (non-hydrogen) atoms. The van der Waals surface area contributed by atoms with Crippen LogP contribution in [0.5, 0.6) is 0 Å². The van der Waals surface area contributed by atoms with Crippen molar-refractivity contribution in [2.75, 3.05) is 0 Å². The third kappa shape index (κ3) is 2.63. The Labute approximate surface area is 123 Å². The van der Waals surface area contributed by atoms with Crippen molar-refractivity contribution in [2.24, 2.45) is 0 Å². The van der Waals surface area contributed by atoms with Crippen LogP contribution in [-0.4, -0.2) is 21.1 Å². The predicted octanol–water partition coefficient (Wildman–Crippen LogP) is 2.83. The molecule has 0 atom stereocenters. The number of carbonyl (C=O) groups excluding carboxylic acids is 1. The number of rotatable bonds is 4. The Kier molecular flexibility index (Phi) is 3.62. The summed E-state index contributed by atoms with van der Waals surface area (Å²) in [5, 5.41) is 16.3. The monoisotopic (exact) mass is 304 g/mol. The average molecular weight is 304 g/mol. The number of amides is 1. The van der Waals surface area contributed by atoms with Crippen molar-refractivity contribution in [3.05, 3.63) is 45.4 Å². The van der Waals surface area contributed by atoms with Crippen LogP contribution >= 0.6 is 22.7 Å². The Morgan fingerprint density at radius 2 is 2.35 bits per heavy atom. The fourth-order valence-corrected chi connectivity index (χ4v) is 3.23. The number of aromatic amines is 1.